The molecule has 3 N–H and O–H groups in total. The summed E-state index contributed by atoms with van der Waals surface area (Å²) in [5.41, 5.74) is -0.940. The molecule has 5 nitrogen and oxygen atoms in total. The molecular weight excluding hydrogens is 244 g/mol. The fourth-order valence-electron chi connectivity index (χ4n) is 1.56. The Morgan fingerprint density at radius 3 is 2.47 bits per heavy atom. The first-order valence-electron chi connectivity index (χ1n) is 5.97. The van der Waals surface area contributed by atoms with Crippen LogP contribution in [0.3, 0.4) is 0 Å². The topological polar surface area (TPSA) is 78.4 Å². The highest BCUT2D eigenvalue weighted by Gasteiger charge is 2.36. The van der Waals surface area contributed by atoms with Gasteiger partial charge in [0.15, 0.2) is 5.54 Å². The maximum Gasteiger partial charge on any atom is 0.333 e. The summed E-state index contributed by atoms with van der Waals surface area (Å²) in [5, 5.41) is 14.4. The molecule has 1 atom stereocenters. The van der Waals surface area contributed by atoms with Gasteiger partial charge in [0.05, 0.1) is 0 Å². The van der Waals surface area contributed by atoms with E-state index in [1.54, 1.807) is 42.5 Å². The maximum absolute atomic E-state index is 11.7. The predicted molar refractivity (Wildman–Crippen MR) is 72.8 cm³/mol. The Hall–Kier alpha value is -2.30. The summed E-state index contributed by atoms with van der Waals surface area (Å²) in [6, 6.07) is 8.07. The van der Waals surface area contributed by atoms with E-state index < -0.39 is 17.5 Å². The molecule has 19 heavy (non-hydrogen) atoms. The van der Waals surface area contributed by atoms with E-state index in [1.165, 1.54) is 6.92 Å². The molecule has 1 aromatic rings. The second-order valence-corrected chi connectivity index (χ2v) is 4.20. The Labute approximate surface area is 112 Å². The first-order chi connectivity index (χ1) is 9.00. The number of urea groups is 1. The van der Waals surface area contributed by atoms with Crippen molar-refractivity contribution in [2.75, 3.05) is 6.54 Å². The number of rotatable bonds is 5. The number of allylic oxidation sites excluding steroid dienone is 1. The number of carboxylic acids is 1. The van der Waals surface area contributed by atoms with Crippen LogP contribution in [-0.4, -0.2) is 23.7 Å². The smallest absolute Gasteiger partial charge is 0.333 e. The SMILES string of the molecule is C/C=C/CNC(=O)NC(C)(C(=O)O)c1ccccc1. The van der Waals surface area contributed by atoms with E-state index in [1.807, 2.05) is 6.92 Å². The van der Waals surface area contributed by atoms with Crippen LogP contribution in [-0.2, 0) is 10.3 Å². The van der Waals surface area contributed by atoms with Crippen LogP contribution >= 0.6 is 0 Å². The van der Waals surface area contributed by atoms with E-state index in [9.17, 15) is 14.7 Å². The molecule has 1 aromatic carbocycles. The molecule has 0 saturated carbocycles. The van der Waals surface area contributed by atoms with Crippen molar-refractivity contribution >= 4 is 12.0 Å². The van der Waals surface area contributed by atoms with Gasteiger partial charge in [-0.3, -0.25) is 0 Å². The van der Waals surface area contributed by atoms with Crippen LogP contribution in [0.2, 0.25) is 0 Å². The molecule has 0 fully saturated rings. The maximum atomic E-state index is 11.7. The third-order valence-corrected chi connectivity index (χ3v) is 2.76. The molecule has 0 saturated heterocycles. The minimum atomic E-state index is -1.46. The lowest BCUT2D eigenvalue weighted by molar-refractivity contribution is -0.144. The molecule has 0 bridgehead atoms. The van der Waals surface area contributed by atoms with Crippen molar-refractivity contribution in [2.24, 2.45) is 0 Å². The number of benzene rings is 1. The van der Waals surface area contributed by atoms with Crippen LogP contribution in [0.1, 0.15) is 19.4 Å². The Balaban J connectivity index is 2.84. The molecule has 5 heteroatoms. The lowest BCUT2D eigenvalue weighted by Crippen LogP contribution is -2.52. The molecule has 102 valence electrons. The molecule has 1 rings (SSSR count). The van der Waals surface area contributed by atoms with Gasteiger partial charge < -0.3 is 15.7 Å². The zero-order valence-electron chi connectivity index (χ0n) is 11.0. The fraction of sp³-hybridized carbons (Fsp3) is 0.286. The van der Waals surface area contributed by atoms with Crippen LogP contribution in [0.15, 0.2) is 42.5 Å². The minimum absolute atomic E-state index is 0.354. The summed E-state index contributed by atoms with van der Waals surface area (Å²) >= 11 is 0. The highest BCUT2D eigenvalue weighted by Crippen LogP contribution is 2.20. The minimum Gasteiger partial charge on any atom is -0.479 e. The zero-order chi connectivity index (χ0) is 14.3. The lowest BCUT2D eigenvalue weighted by atomic mass is 9.92. The van der Waals surface area contributed by atoms with Gasteiger partial charge in [-0.2, -0.15) is 0 Å². The van der Waals surface area contributed by atoms with Crippen LogP contribution in [0.4, 0.5) is 4.79 Å². The third kappa shape index (κ3) is 3.84. The highest BCUT2D eigenvalue weighted by molar-refractivity contribution is 5.87. The number of hydrogen-bond donors (Lipinski definition) is 3. The molecule has 2 amide bonds. The summed E-state index contributed by atoms with van der Waals surface area (Å²) in [4.78, 5) is 23.1. The van der Waals surface area contributed by atoms with Gasteiger partial charge in [0.25, 0.3) is 0 Å². The largest absolute Gasteiger partial charge is 0.479 e. The number of carboxylic acid groups (broad SMARTS) is 1. The summed E-state index contributed by atoms with van der Waals surface area (Å²) in [7, 11) is 0. The summed E-state index contributed by atoms with van der Waals surface area (Å²) < 4.78 is 0. The van der Waals surface area contributed by atoms with E-state index in [-0.39, 0.29) is 0 Å². The fourth-order valence-corrected chi connectivity index (χ4v) is 1.56. The average Bonchev–Trinajstić information content (AvgIpc) is 2.39. The number of carbonyl (C=O) groups excluding carboxylic acids is 1. The Morgan fingerprint density at radius 1 is 1.32 bits per heavy atom. The first kappa shape index (κ1) is 14.8. The Bertz CT molecular complexity index is 471. The van der Waals surface area contributed by atoms with Crippen molar-refractivity contribution in [3.05, 3.63) is 48.0 Å². The van der Waals surface area contributed by atoms with Crippen molar-refractivity contribution in [3.8, 4) is 0 Å². The molecular formula is C14H18N2O3. The number of amides is 2. The van der Waals surface area contributed by atoms with Crippen molar-refractivity contribution in [2.45, 2.75) is 19.4 Å². The van der Waals surface area contributed by atoms with Gasteiger partial charge >= 0.3 is 12.0 Å². The van der Waals surface area contributed by atoms with Crippen molar-refractivity contribution < 1.29 is 14.7 Å². The predicted octanol–water partition coefficient (Wildman–Crippen LogP) is 1.86. The first-order valence-corrected chi connectivity index (χ1v) is 5.97. The van der Waals surface area contributed by atoms with Crippen molar-refractivity contribution in [1.29, 1.82) is 0 Å². The van der Waals surface area contributed by atoms with Crippen LogP contribution < -0.4 is 10.6 Å². The normalized spacial score (nSPS) is 13.8. The van der Waals surface area contributed by atoms with Gasteiger partial charge in [-0.15, -0.1) is 0 Å². The van der Waals surface area contributed by atoms with E-state index in [4.69, 9.17) is 0 Å². The molecule has 0 aromatic heterocycles. The van der Waals surface area contributed by atoms with Crippen LogP contribution in [0.5, 0.6) is 0 Å². The summed E-state index contributed by atoms with van der Waals surface area (Å²) in [5.74, 6) is -1.11. The van der Waals surface area contributed by atoms with E-state index in [2.05, 4.69) is 10.6 Å². The quantitative estimate of drug-likeness (QED) is 0.709. The monoisotopic (exact) mass is 262 g/mol. The molecule has 0 heterocycles. The van der Waals surface area contributed by atoms with Gasteiger partial charge in [0, 0.05) is 6.54 Å². The molecule has 0 spiro atoms. The van der Waals surface area contributed by atoms with E-state index in [0.717, 1.165) is 0 Å². The number of aliphatic carboxylic acids is 1. The third-order valence-electron chi connectivity index (χ3n) is 2.76. The molecule has 1 unspecified atom stereocenters. The van der Waals surface area contributed by atoms with Crippen LogP contribution in [0.25, 0.3) is 0 Å². The second kappa shape index (κ2) is 6.58. The number of carbonyl (C=O) groups is 2. The summed E-state index contributed by atoms with van der Waals surface area (Å²) in [6.07, 6.45) is 3.56. The van der Waals surface area contributed by atoms with Gasteiger partial charge in [0.1, 0.15) is 0 Å². The van der Waals surface area contributed by atoms with Crippen LogP contribution in [0, 0.1) is 0 Å². The standard InChI is InChI=1S/C14H18N2O3/c1-3-4-10-15-13(19)16-14(2,12(17)18)11-8-6-5-7-9-11/h3-9H,10H2,1-2H3,(H,17,18)(H2,15,16,19)/b4-3+. The van der Waals surface area contributed by atoms with Crippen molar-refractivity contribution in [3.63, 3.8) is 0 Å². The number of nitrogens with one attached hydrogen (secondary N) is 2. The number of hydrogen-bond acceptors (Lipinski definition) is 2. The Morgan fingerprint density at radius 2 is 1.95 bits per heavy atom. The van der Waals surface area contributed by atoms with E-state index >= 15 is 0 Å². The van der Waals surface area contributed by atoms with E-state index in [0.29, 0.717) is 12.1 Å². The summed E-state index contributed by atoms with van der Waals surface area (Å²) in [6.45, 7) is 3.65. The Kier molecular flexibility index (Phi) is 5.11. The molecule has 0 radical (unpaired) electrons. The van der Waals surface area contributed by atoms with Gasteiger partial charge in [-0.1, -0.05) is 42.5 Å². The lowest BCUT2D eigenvalue weighted by Gasteiger charge is -2.26. The highest BCUT2D eigenvalue weighted by atomic mass is 16.4. The molecule has 0 aliphatic rings. The second-order valence-electron chi connectivity index (χ2n) is 4.20. The van der Waals surface area contributed by atoms with Gasteiger partial charge in [-0.25, -0.2) is 9.59 Å². The van der Waals surface area contributed by atoms with Crippen molar-refractivity contribution in [1.82, 2.24) is 10.6 Å². The molecule has 0 aliphatic heterocycles. The molecule has 0 aliphatic carbocycles. The zero-order valence-corrected chi connectivity index (χ0v) is 11.0. The average molecular weight is 262 g/mol. The van der Waals surface area contributed by atoms with Gasteiger partial charge in [-0.05, 0) is 19.4 Å². The van der Waals surface area contributed by atoms with Gasteiger partial charge in [0.2, 0.25) is 0 Å².